The summed E-state index contributed by atoms with van der Waals surface area (Å²) >= 11 is 0. The Kier molecular flexibility index (Phi) is 1.43. The zero-order chi connectivity index (χ0) is 8.72. The highest BCUT2D eigenvalue weighted by molar-refractivity contribution is 5.52. The van der Waals surface area contributed by atoms with Crippen molar-refractivity contribution in [1.29, 1.82) is 0 Å². The Morgan fingerprint density at radius 2 is 2.17 bits per heavy atom. The van der Waals surface area contributed by atoms with Crippen LogP contribution >= 0.6 is 0 Å². The van der Waals surface area contributed by atoms with Crippen LogP contribution in [0.15, 0.2) is 23.2 Å². The highest BCUT2D eigenvalue weighted by Crippen LogP contribution is 2.07. The molecule has 0 amide bonds. The largest absolute Gasteiger partial charge is 0.399 e. The fraction of sp³-hybridized carbons (Fsp3) is 0.300. The molecule has 1 aliphatic heterocycles. The summed E-state index contributed by atoms with van der Waals surface area (Å²) in [4.78, 5) is 4.48. The van der Waals surface area contributed by atoms with Crippen molar-refractivity contribution in [3.05, 3.63) is 28.8 Å². The Labute approximate surface area is 71.4 Å². The van der Waals surface area contributed by atoms with E-state index in [2.05, 4.69) is 18.8 Å². The minimum absolute atomic E-state index is 0.321. The third-order valence-corrected chi connectivity index (χ3v) is 2.41. The normalized spacial score (nSPS) is 20.5. The molecule has 0 saturated carbocycles. The van der Waals surface area contributed by atoms with Crippen LogP contribution in [-0.4, -0.2) is 6.04 Å². The average Bonchev–Trinajstić information content (AvgIpc) is 2.28. The summed E-state index contributed by atoms with van der Waals surface area (Å²) in [7, 11) is 0. The van der Waals surface area contributed by atoms with Gasteiger partial charge in [0.05, 0.1) is 11.4 Å². The number of hydrogen-bond acceptors (Lipinski definition) is 2. The fourth-order valence-corrected chi connectivity index (χ4v) is 1.52. The van der Waals surface area contributed by atoms with Crippen LogP contribution in [0.5, 0.6) is 0 Å². The van der Waals surface area contributed by atoms with Crippen LogP contribution in [0, 0.1) is 0 Å². The van der Waals surface area contributed by atoms with Gasteiger partial charge in [0.2, 0.25) is 0 Å². The molecule has 2 nitrogen and oxygen atoms in total. The van der Waals surface area contributed by atoms with Gasteiger partial charge in [0.25, 0.3) is 0 Å². The SMILES string of the molecule is CC1=c2ccc(N)cc2=NC1C. The number of fused-ring (bicyclic) bond motifs is 1. The van der Waals surface area contributed by atoms with E-state index in [0.717, 1.165) is 11.0 Å². The number of nitrogens with zero attached hydrogens (tertiary/aromatic N) is 1. The van der Waals surface area contributed by atoms with Crippen LogP contribution < -0.4 is 16.3 Å². The van der Waals surface area contributed by atoms with Gasteiger partial charge in [-0.05, 0) is 31.6 Å². The summed E-state index contributed by atoms with van der Waals surface area (Å²) in [6.07, 6.45) is 0. The van der Waals surface area contributed by atoms with Gasteiger partial charge in [-0.1, -0.05) is 6.07 Å². The van der Waals surface area contributed by atoms with Gasteiger partial charge in [-0.2, -0.15) is 0 Å². The quantitative estimate of drug-likeness (QED) is 0.550. The van der Waals surface area contributed by atoms with E-state index in [1.807, 2.05) is 18.2 Å². The number of anilines is 1. The van der Waals surface area contributed by atoms with Gasteiger partial charge in [0, 0.05) is 10.9 Å². The van der Waals surface area contributed by atoms with Gasteiger partial charge in [-0.3, -0.25) is 4.99 Å². The molecular formula is C10H12N2. The highest BCUT2D eigenvalue weighted by atomic mass is 14.8. The third-order valence-electron chi connectivity index (χ3n) is 2.41. The molecule has 0 bridgehead atoms. The maximum absolute atomic E-state index is 5.65. The molecule has 2 heteroatoms. The van der Waals surface area contributed by atoms with E-state index in [0.29, 0.717) is 6.04 Å². The number of nitrogens with two attached hydrogens (primary N) is 1. The molecule has 0 radical (unpaired) electrons. The first-order chi connectivity index (χ1) is 5.68. The van der Waals surface area contributed by atoms with Gasteiger partial charge < -0.3 is 5.73 Å². The standard InChI is InChI=1S/C10H12N2/c1-6-7(2)12-10-5-8(11)3-4-9(6)10/h3-5,7H,11H2,1-2H3. The molecule has 1 aromatic carbocycles. The van der Waals surface area contributed by atoms with Crippen molar-refractivity contribution in [3.63, 3.8) is 0 Å². The molecule has 1 aromatic rings. The van der Waals surface area contributed by atoms with Gasteiger partial charge in [-0.25, -0.2) is 0 Å². The molecule has 0 aliphatic carbocycles. The molecule has 0 saturated heterocycles. The van der Waals surface area contributed by atoms with Crippen molar-refractivity contribution in [1.82, 2.24) is 0 Å². The fourth-order valence-electron chi connectivity index (χ4n) is 1.52. The smallest absolute Gasteiger partial charge is 0.0695 e. The van der Waals surface area contributed by atoms with E-state index in [-0.39, 0.29) is 0 Å². The van der Waals surface area contributed by atoms with E-state index >= 15 is 0 Å². The molecule has 12 heavy (non-hydrogen) atoms. The van der Waals surface area contributed by atoms with E-state index in [1.54, 1.807) is 0 Å². The van der Waals surface area contributed by atoms with Crippen molar-refractivity contribution in [2.24, 2.45) is 4.99 Å². The number of nitrogen functional groups attached to an aromatic ring is 1. The van der Waals surface area contributed by atoms with Crippen molar-refractivity contribution in [2.75, 3.05) is 5.73 Å². The summed E-state index contributed by atoms with van der Waals surface area (Å²) in [5.74, 6) is 0. The summed E-state index contributed by atoms with van der Waals surface area (Å²) in [5.41, 5.74) is 7.78. The van der Waals surface area contributed by atoms with Crippen molar-refractivity contribution in [3.8, 4) is 0 Å². The molecule has 62 valence electrons. The first-order valence-electron chi connectivity index (χ1n) is 4.12. The lowest BCUT2D eigenvalue weighted by Crippen LogP contribution is -2.22. The van der Waals surface area contributed by atoms with Crippen LogP contribution in [0.3, 0.4) is 0 Å². The molecule has 0 spiro atoms. The zero-order valence-corrected chi connectivity index (χ0v) is 7.33. The van der Waals surface area contributed by atoms with Gasteiger partial charge >= 0.3 is 0 Å². The van der Waals surface area contributed by atoms with Crippen molar-refractivity contribution in [2.45, 2.75) is 19.9 Å². The second-order valence-electron chi connectivity index (χ2n) is 3.26. The van der Waals surface area contributed by atoms with E-state index in [9.17, 15) is 0 Å². The molecule has 1 aliphatic rings. The first-order valence-corrected chi connectivity index (χ1v) is 4.12. The summed E-state index contributed by atoms with van der Waals surface area (Å²) < 4.78 is 0. The number of benzene rings is 1. The highest BCUT2D eigenvalue weighted by Gasteiger charge is 2.09. The molecular weight excluding hydrogens is 148 g/mol. The zero-order valence-electron chi connectivity index (χ0n) is 7.33. The van der Waals surface area contributed by atoms with E-state index < -0.39 is 0 Å². The van der Waals surface area contributed by atoms with Gasteiger partial charge in [0.15, 0.2) is 0 Å². The van der Waals surface area contributed by atoms with Crippen LogP contribution in [0.4, 0.5) is 5.69 Å². The van der Waals surface area contributed by atoms with Crippen molar-refractivity contribution < 1.29 is 0 Å². The second kappa shape index (κ2) is 2.34. The molecule has 2 rings (SSSR count). The van der Waals surface area contributed by atoms with Crippen molar-refractivity contribution >= 4 is 11.3 Å². The topological polar surface area (TPSA) is 38.4 Å². The number of hydrogen-bond donors (Lipinski definition) is 1. The lowest BCUT2D eigenvalue weighted by molar-refractivity contribution is 0.926. The molecule has 2 N–H and O–H groups in total. The van der Waals surface area contributed by atoms with Crippen LogP contribution in [0.1, 0.15) is 13.8 Å². The minimum atomic E-state index is 0.321. The minimum Gasteiger partial charge on any atom is -0.399 e. The summed E-state index contributed by atoms with van der Waals surface area (Å²) in [5, 5.41) is 2.29. The van der Waals surface area contributed by atoms with Gasteiger partial charge in [-0.15, -0.1) is 0 Å². The van der Waals surface area contributed by atoms with Crippen LogP contribution in [0.2, 0.25) is 0 Å². The lowest BCUT2D eigenvalue weighted by atomic mass is 10.1. The Bertz CT molecular complexity index is 432. The Morgan fingerprint density at radius 1 is 1.42 bits per heavy atom. The molecule has 0 fully saturated rings. The number of rotatable bonds is 0. The predicted molar refractivity (Wildman–Crippen MR) is 50.2 cm³/mol. The maximum atomic E-state index is 5.65. The first kappa shape index (κ1) is 7.35. The van der Waals surface area contributed by atoms with Crippen LogP contribution in [0.25, 0.3) is 5.57 Å². The molecule has 1 heterocycles. The lowest BCUT2D eigenvalue weighted by Gasteiger charge is -1.97. The molecule has 0 aromatic heterocycles. The average molecular weight is 160 g/mol. The Hall–Kier alpha value is -1.31. The predicted octanol–water partition coefficient (Wildman–Crippen LogP) is 0.461. The second-order valence-corrected chi connectivity index (χ2v) is 3.26. The Morgan fingerprint density at radius 3 is 2.92 bits per heavy atom. The molecule has 1 atom stereocenters. The Balaban J connectivity index is 2.85. The monoisotopic (exact) mass is 160 g/mol. The summed E-state index contributed by atoms with van der Waals surface area (Å²) in [6, 6.07) is 6.23. The summed E-state index contributed by atoms with van der Waals surface area (Å²) in [6.45, 7) is 4.22. The van der Waals surface area contributed by atoms with Crippen LogP contribution in [-0.2, 0) is 0 Å². The van der Waals surface area contributed by atoms with E-state index in [4.69, 9.17) is 5.73 Å². The molecule has 1 unspecified atom stereocenters. The van der Waals surface area contributed by atoms with E-state index in [1.165, 1.54) is 10.8 Å². The third kappa shape index (κ3) is 0.916. The van der Waals surface area contributed by atoms with Gasteiger partial charge in [0.1, 0.15) is 0 Å². The maximum Gasteiger partial charge on any atom is 0.0695 e.